The van der Waals surface area contributed by atoms with Gasteiger partial charge in [-0.2, -0.15) is 0 Å². The first-order chi connectivity index (χ1) is 15.0. The zero-order chi connectivity index (χ0) is 22.2. The van der Waals surface area contributed by atoms with E-state index in [1.165, 1.54) is 6.42 Å². The molecule has 6 heteroatoms. The van der Waals surface area contributed by atoms with Gasteiger partial charge >= 0.3 is 0 Å². The average Bonchev–Trinajstić information content (AvgIpc) is 2.75. The van der Waals surface area contributed by atoms with Crippen molar-refractivity contribution in [2.24, 2.45) is 0 Å². The van der Waals surface area contributed by atoms with Crippen LogP contribution in [0, 0.1) is 0 Å². The first-order valence-electron chi connectivity index (χ1n) is 11.0. The van der Waals surface area contributed by atoms with E-state index in [9.17, 15) is 9.59 Å². The molecular formula is C25H30Cl2N2O2. The van der Waals surface area contributed by atoms with Crippen LogP contribution in [0.4, 0.5) is 0 Å². The Morgan fingerprint density at radius 3 is 2.35 bits per heavy atom. The maximum absolute atomic E-state index is 13.4. The third kappa shape index (κ3) is 6.98. The first kappa shape index (κ1) is 23.6. The van der Waals surface area contributed by atoms with Gasteiger partial charge in [0, 0.05) is 22.6 Å². The normalized spacial score (nSPS) is 15.3. The van der Waals surface area contributed by atoms with E-state index in [4.69, 9.17) is 23.2 Å². The van der Waals surface area contributed by atoms with E-state index in [2.05, 4.69) is 5.32 Å². The summed E-state index contributed by atoms with van der Waals surface area (Å²) >= 11 is 12.1. The number of carbonyl (C=O) groups is 2. The number of benzene rings is 2. The van der Waals surface area contributed by atoms with Gasteiger partial charge in [-0.05, 0) is 54.7 Å². The molecule has 0 bridgehead atoms. The van der Waals surface area contributed by atoms with Gasteiger partial charge in [0.15, 0.2) is 0 Å². The Labute approximate surface area is 194 Å². The summed E-state index contributed by atoms with van der Waals surface area (Å²) in [7, 11) is 0. The molecule has 0 heterocycles. The Morgan fingerprint density at radius 1 is 1.00 bits per heavy atom. The minimum Gasteiger partial charge on any atom is -0.352 e. The van der Waals surface area contributed by atoms with Gasteiger partial charge in [0.05, 0.1) is 6.42 Å². The summed E-state index contributed by atoms with van der Waals surface area (Å²) in [6, 6.07) is 14.4. The number of hydrogen-bond donors (Lipinski definition) is 1. The number of hydrogen-bond acceptors (Lipinski definition) is 2. The molecule has 1 aliphatic rings. The largest absolute Gasteiger partial charge is 0.352 e. The minimum absolute atomic E-state index is 0.0668. The first-order valence-corrected chi connectivity index (χ1v) is 11.8. The second-order valence-corrected chi connectivity index (χ2v) is 9.10. The molecule has 166 valence electrons. The molecule has 3 rings (SSSR count). The summed E-state index contributed by atoms with van der Waals surface area (Å²) in [5.74, 6) is -0.161. The van der Waals surface area contributed by atoms with Crippen molar-refractivity contribution in [1.82, 2.24) is 10.2 Å². The fraction of sp³-hybridized carbons (Fsp3) is 0.440. The molecule has 1 N–H and O–H groups in total. The molecule has 0 unspecified atom stereocenters. The Balaban J connectivity index is 1.80. The molecule has 2 amide bonds. The van der Waals surface area contributed by atoms with E-state index in [1.54, 1.807) is 29.2 Å². The zero-order valence-corrected chi connectivity index (χ0v) is 19.5. The second-order valence-electron chi connectivity index (χ2n) is 8.22. The lowest BCUT2D eigenvalue weighted by Gasteiger charge is -2.33. The van der Waals surface area contributed by atoms with Crippen LogP contribution in [0.2, 0.25) is 10.0 Å². The van der Waals surface area contributed by atoms with Crippen LogP contribution in [-0.2, 0) is 22.6 Å². The third-order valence-corrected chi connectivity index (χ3v) is 6.34. The van der Waals surface area contributed by atoms with E-state index < -0.39 is 6.04 Å². The molecule has 0 aliphatic heterocycles. The smallest absolute Gasteiger partial charge is 0.243 e. The van der Waals surface area contributed by atoms with E-state index >= 15 is 0 Å². The van der Waals surface area contributed by atoms with Crippen molar-refractivity contribution in [2.45, 2.75) is 70.5 Å². The maximum Gasteiger partial charge on any atom is 0.243 e. The summed E-state index contributed by atoms with van der Waals surface area (Å²) in [5, 5.41) is 4.43. The van der Waals surface area contributed by atoms with Crippen molar-refractivity contribution in [3.05, 3.63) is 69.7 Å². The predicted molar refractivity (Wildman–Crippen MR) is 126 cm³/mol. The number of nitrogens with one attached hydrogen (secondary N) is 1. The van der Waals surface area contributed by atoms with Gasteiger partial charge in [-0.1, -0.05) is 73.7 Å². The van der Waals surface area contributed by atoms with E-state index in [1.807, 2.05) is 31.2 Å². The van der Waals surface area contributed by atoms with Gasteiger partial charge in [0.25, 0.3) is 0 Å². The van der Waals surface area contributed by atoms with Crippen LogP contribution in [-0.4, -0.2) is 28.8 Å². The summed E-state index contributed by atoms with van der Waals surface area (Å²) in [4.78, 5) is 28.3. The SMILES string of the molecule is CC[C@@H](C(=O)NC1CCCCC1)N(Cc1ccc(Cl)cc1)C(=O)Cc1cccc(Cl)c1. The van der Waals surface area contributed by atoms with Gasteiger partial charge in [-0.25, -0.2) is 0 Å². The molecule has 1 saturated carbocycles. The van der Waals surface area contributed by atoms with Crippen molar-refractivity contribution in [3.63, 3.8) is 0 Å². The van der Waals surface area contributed by atoms with Crippen LogP contribution in [0.5, 0.6) is 0 Å². The van der Waals surface area contributed by atoms with Crippen LogP contribution in [0.25, 0.3) is 0 Å². The average molecular weight is 461 g/mol. The lowest BCUT2D eigenvalue weighted by molar-refractivity contribution is -0.141. The van der Waals surface area contributed by atoms with Gasteiger partial charge < -0.3 is 10.2 Å². The molecule has 1 atom stereocenters. The Morgan fingerprint density at radius 2 is 1.71 bits per heavy atom. The van der Waals surface area contributed by atoms with E-state index in [0.717, 1.165) is 36.8 Å². The fourth-order valence-electron chi connectivity index (χ4n) is 4.17. The molecule has 1 aliphatic carbocycles. The van der Waals surface area contributed by atoms with Crippen LogP contribution in [0.15, 0.2) is 48.5 Å². The summed E-state index contributed by atoms with van der Waals surface area (Å²) in [6.45, 7) is 2.31. The van der Waals surface area contributed by atoms with Crippen molar-refractivity contribution >= 4 is 35.0 Å². The van der Waals surface area contributed by atoms with E-state index in [-0.39, 0.29) is 24.3 Å². The molecule has 0 spiro atoms. The highest BCUT2D eigenvalue weighted by Gasteiger charge is 2.30. The number of carbonyl (C=O) groups excluding carboxylic acids is 2. The molecule has 2 aromatic rings. The Kier molecular flexibility index (Phi) is 8.79. The molecule has 31 heavy (non-hydrogen) atoms. The topological polar surface area (TPSA) is 49.4 Å². The highest BCUT2D eigenvalue weighted by Crippen LogP contribution is 2.20. The fourth-order valence-corrected chi connectivity index (χ4v) is 4.51. The minimum atomic E-state index is -0.524. The van der Waals surface area contributed by atoms with Gasteiger partial charge in [-0.15, -0.1) is 0 Å². The summed E-state index contributed by atoms with van der Waals surface area (Å²) in [5.41, 5.74) is 1.77. The quantitative estimate of drug-likeness (QED) is 0.541. The molecule has 0 radical (unpaired) electrons. The highest BCUT2D eigenvalue weighted by molar-refractivity contribution is 6.30. The zero-order valence-electron chi connectivity index (χ0n) is 17.9. The van der Waals surface area contributed by atoms with Crippen LogP contribution in [0.1, 0.15) is 56.6 Å². The molecule has 0 aromatic heterocycles. The second kappa shape index (κ2) is 11.5. The molecule has 4 nitrogen and oxygen atoms in total. The molecule has 2 aromatic carbocycles. The third-order valence-electron chi connectivity index (χ3n) is 5.85. The van der Waals surface area contributed by atoms with Gasteiger partial charge in [0.2, 0.25) is 11.8 Å². The van der Waals surface area contributed by atoms with Crippen molar-refractivity contribution in [2.75, 3.05) is 0 Å². The summed E-state index contributed by atoms with van der Waals surface area (Å²) < 4.78 is 0. The Hall–Kier alpha value is -2.04. The Bertz CT molecular complexity index is 879. The van der Waals surface area contributed by atoms with Crippen molar-refractivity contribution < 1.29 is 9.59 Å². The monoisotopic (exact) mass is 460 g/mol. The lowest BCUT2D eigenvalue weighted by atomic mass is 9.95. The number of nitrogens with zero attached hydrogens (tertiary/aromatic N) is 1. The van der Waals surface area contributed by atoms with Crippen LogP contribution in [0.3, 0.4) is 0 Å². The van der Waals surface area contributed by atoms with Crippen molar-refractivity contribution in [3.8, 4) is 0 Å². The molecular weight excluding hydrogens is 431 g/mol. The number of amides is 2. The van der Waals surface area contributed by atoms with Gasteiger partial charge in [-0.3, -0.25) is 9.59 Å². The van der Waals surface area contributed by atoms with Gasteiger partial charge in [0.1, 0.15) is 6.04 Å². The lowest BCUT2D eigenvalue weighted by Crippen LogP contribution is -2.51. The molecule has 0 saturated heterocycles. The standard InChI is InChI=1S/C25H30Cl2N2O2/c1-2-23(25(31)28-22-9-4-3-5-10-22)29(17-18-11-13-20(26)14-12-18)24(30)16-19-7-6-8-21(27)15-19/h6-8,11-15,22-23H,2-5,9-10,16-17H2,1H3,(H,28,31)/t23-/m0/s1. The maximum atomic E-state index is 13.4. The molecule has 1 fully saturated rings. The summed E-state index contributed by atoms with van der Waals surface area (Å²) in [6.07, 6.45) is 6.28. The van der Waals surface area contributed by atoms with Crippen LogP contribution >= 0.6 is 23.2 Å². The highest BCUT2D eigenvalue weighted by atomic mass is 35.5. The van der Waals surface area contributed by atoms with E-state index in [0.29, 0.717) is 23.0 Å². The van der Waals surface area contributed by atoms with Crippen molar-refractivity contribution in [1.29, 1.82) is 0 Å². The van der Waals surface area contributed by atoms with Crippen LogP contribution < -0.4 is 5.32 Å². The number of halogens is 2. The number of rotatable bonds is 8. The predicted octanol–water partition coefficient (Wildman–Crippen LogP) is 5.79.